The topological polar surface area (TPSA) is 133 Å². The summed E-state index contributed by atoms with van der Waals surface area (Å²) in [5, 5.41) is 15.2. The number of para-hydroxylation sites is 1. The number of nitrogens with two attached hydrogens (primary N) is 1. The molecule has 0 aliphatic rings. The second-order valence-electron chi connectivity index (χ2n) is 9.28. The highest BCUT2D eigenvalue weighted by molar-refractivity contribution is 6.07. The monoisotopic (exact) mass is 522 g/mol. The number of carbonyl (C=O) groups is 1. The number of carbonyl (C=O) groups excluding carboxylic acids is 1. The predicted molar refractivity (Wildman–Crippen MR) is 152 cm³/mol. The van der Waals surface area contributed by atoms with E-state index in [1.54, 1.807) is 6.20 Å². The van der Waals surface area contributed by atoms with Gasteiger partial charge in [-0.15, -0.1) is 5.10 Å². The number of amides is 1. The minimum absolute atomic E-state index is 0.291. The van der Waals surface area contributed by atoms with Crippen molar-refractivity contribution in [1.29, 1.82) is 0 Å². The average Bonchev–Trinajstić information content (AvgIpc) is 3.33. The van der Waals surface area contributed by atoms with Gasteiger partial charge in [-0.1, -0.05) is 54.6 Å². The van der Waals surface area contributed by atoms with Gasteiger partial charge in [-0.2, -0.15) is 5.10 Å². The lowest BCUT2D eigenvalue weighted by atomic mass is 10.1. The number of benzene rings is 2. The third-order valence-corrected chi connectivity index (χ3v) is 6.15. The van der Waals surface area contributed by atoms with Crippen molar-refractivity contribution in [3.63, 3.8) is 0 Å². The van der Waals surface area contributed by atoms with Gasteiger partial charge in [-0.25, -0.2) is 14.8 Å². The number of fused-ring (bicyclic) bond motifs is 3. The third-order valence-electron chi connectivity index (χ3n) is 6.15. The Morgan fingerprint density at radius 2 is 1.85 bits per heavy atom. The van der Waals surface area contributed by atoms with Gasteiger partial charge in [0.2, 0.25) is 0 Å². The highest BCUT2D eigenvalue weighted by Gasteiger charge is 2.19. The fourth-order valence-corrected chi connectivity index (χ4v) is 4.32. The number of imidazole rings is 1. The number of aromatic nitrogens is 5. The summed E-state index contributed by atoms with van der Waals surface area (Å²) in [5.74, 6) is 1.03. The molecule has 39 heavy (non-hydrogen) atoms. The van der Waals surface area contributed by atoms with Gasteiger partial charge < -0.3 is 25.7 Å². The molecule has 0 radical (unpaired) electrons. The average molecular weight is 523 g/mol. The lowest BCUT2D eigenvalue weighted by Crippen LogP contribution is -2.28. The second-order valence-corrected chi connectivity index (χ2v) is 9.28. The van der Waals surface area contributed by atoms with Crippen LogP contribution >= 0.6 is 0 Å². The van der Waals surface area contributed by atoms with Gasteiger partial charge in [0.15, 0.2) is 11.6 Å². The molecule has 4 N–H and O–H groups in total. The maximum atomic E-state index is 12.0. The normalized spacial score (nSPS) is 11.1. The molecule has 198 valence electrons. The number of rotatable bonds is 10. The van der Waals surface area contributed by atoms with Crippen LogP contribution in [0, 0.1) is 0 Å². The quantitative estimate of drug-likeness (QED) is 0.185. The maximum Gasteiger partial charge on any atom is 0.407 e. The molecular formula is C29H30N8O2. The number of pyridine rings is 1. The van der Waals surface area contributed by atoms with E-state index in [0.29, 0.717) is 55.6 Å². The summed E-state index contributed by atoms with van der Waals surface area (Å²) in [6, 6.07) is 19.6. The van der Waals surface area contributed by atoms with Crippen LogP contribution in [0.25, 0.3) is 33.5 Å². The first kappa shape index (κ1) is 25.8. The van der Waals surface area contributed by atoms with Crippen molar-refractivity contribution >= 4 is 33.8 Å². The van der Waals surface area contributed by atoms with Gasteiger partial charge in [-0.05, 0) is 36.2 Å². The van der Waals surface area contributed by atoms with Crippen LogP contribution in [0.5, 0.6) is 0 Å². The van der Waals surface area contributed by atoms with E-state index < -0.39 is 6.09 Å². The number of hydrogen-bond acceptors (Lipinski definition) is 8. The minimum Gasteiger partial charge on any atom is -0.448 e. The first-order valence-electron chi connectivity index (χ1n) is 12.7. The molecule has 0 aliphatic carbocycles. The zero-order chi connectivity index (χ0) is 27.2. The Kier molecular flexibility index (Phi) is 7.74. The Balaban J connectivity index is 1.34. The zero-order valence-electron chi connectivity index (χ0n) is 21.7. The molecule has 0 spiro atoms. The standard InChI is InChI=1S/C29H30N8O2/c1-19(2)16-31-14-15-39-29(38)32-17-20-9-11-21(12-10-20)18-37-26-22-6-3-4-7-23(22)34-27(30)25(26)35-28(37)24-8-5-13-33-36-24/h3-13,31H,1,14-18H2,2H3,(H2,30,34)(H,32,38). The smallest absolute Gasteiger partial charge is 0.407 e. The van der Waals surface area contributed by atoms with Crippen LogP contribution in [0.2, 0.25) is 0 Å². The molecule has 5 rings (SSSR count). The number of alkyl carbamates (subject to hydrolysis) is 1. The summed E-state index contributed by atoms with van der Waals surface area (Å²) in [5.41, 5.74) is 12.3. The highest BCUT2D eigenvalue weighted by atomic mass is 16.5. The van der Waals surface area contributed by atoms with Crippen molar-refractivity contribution < 1.29 is 9.53 Å². The van der Waals surface area contributed by atoms with Crippen LogP contribution in [0.15, 0.2) is 79.0 Å². The van der Waals surface area contributed by atoms with E-state index >= 15 is 0 Å². The number of nitrogens with one attached hydrogen (secondary N) is 2. The third kappa shape index (κ3) is 6.02. The lowest BCUT2D eigenvalue weighted by Gasteiger charge is -2.12. The molecule has 0 bridgehead atoms. The largest absolute Gasteiger partial charge is 0.448 e. The Morgan fingerprint density at radius 3 is 2.62 bits per heavy atom. The summed E-state index contributed by atoms with van der Waals surface area (Å²) >= 11 is 0. The van der Waals surface area contributed by atoms with Gasteiger partial charge in [0.25, 0.3) is 0 Å². The first-order valence-corrected chi connectivity index (χ1v) is 12.7. The van der Waals surface area contributed by atoms with E-state index in [-0.39, 0.29) is 0 Å². The molecule has 0 atom stereocenters. The van der Waals surface area contributed by atoms with Crippen LogP contribution in [-0.4, -0.2) is 50.5 Å². The summed E-state index contributed by atoms with van der Waals surface area (Å²) < 4.78 is 7.30. The minimum atomic E-state index is -0.451. The predicted octanol–water partition coefficient (Wildman–Crippen LogP) is 4.06. The van der Waals surface area contributed by atoms with Crippen molar-refractivity contribution in [3.8, 4) is 11.5 Å². The Bertz CT molecular complexity index is 1610. The zero-order valence-corrected chi connectivity index (χ0v) is 21.7. The van der Waals surface area contributed by atoms with Crippen molar-refractivity contribution in [2.24, 2.45) is 0 Å². The summed E-state index contributed by atoms with van der Waals surface area (Å²) in [4.78, 5) is 21.4. The molecule has 10 nitrogen and oxygen atoms in total. The second kappa shape index (κ2) is 11.7. The molecule has 0 fully saturated rings. The van der Waals surface area contributed by atoms with Crippen LogP contribution in [0.3, 0.4) is 0 Å². The van der Waals surface area contributed by atoms with E-state index in [9.17, 15) is 4.79 Å². The molecule has 0 saturated carbocycles. The van der Waals surface area contributed by atoms with Crippen molar-refractivity contribution in [1.82, 2.24) is 35.4 Å². The lowest BCUT2D eigenvalue weighted by molar-refractivity contribution is 0.146. The SMILES string of the molecule is C=C(C)CNCCOC(=O)NCc1ccc(Cn2c(-c3cccnn3)nc3c(N)nc4ccccc4c32)cc1. The van der Waals surface area contributed by atoms with Crippen molar-refractivity contribution in [2.45, 2.75) is 20.0 Å². The van der Waals surface area contributed by atoms with Crippen LogP contribution in [0.4, 0.5) is 10.6 Å². The molecule has 2 aromatic carbocycles. The molecule has 0 unspecified atom stereocenters. The Labute approximate surface area is 225 Å². The molecule has 0 aliphatic heterocycles. The maximum absolute atomic E-state index is 12.0. The van der Waals surface area contributed by atoms with E-state index in [1.807, 2.05) is 67.6 Å². The molecular weight excluding hydrogens is 492 g/mol. The van der Waals surface area contributed by atoms with E-state index in [4.69, 9.17) is 15.5 Å². The van der Waals surface area contributed by atoms with Crippen LogP contribution < -0.4 is 16.4 Å². The molecule has 10 heteroatoms. The summed E-state index contributed by atoms with van der Waals surface area (Å²) in [6.45, 7) is 8.23. The molecule has 0 saturated heterocycles. The van der Waals surface area contributed by atoms with Crippen molar-refractivity contribution in [2.75, 3.05) is 25.4 Å². The highest BCUT2D eigenvalue weighted by Crippen LogP contribution is 2.32. The fraction of sp³-hybridized carbons (Fsp3) is 0.207. The molecule has 5 aromatic rings. The number of ether oxygens (including phenoxy) is 1. The van der Waals surface area contributed by atoms with Gasteiger partial charge >= 0.3 is 6.09 Å². The van der Waals surface area contributed by atoms with Gasteiger partial charge in [-0.3, -0.25) is 0 Å². The molecule has 3 heterocycles. The Morgan fingerprint density at radius 1 is 1.05 bits per heavy atom. The van der Waals surface area contributed by atoms with E-state index in [2.05, 4.69) is 37.0 Å². The first-order chi connectivity index (χ1) is 19.0. The van der Waals surface area contributed by atoms with E-state index in [0.717, 1.165) is 33.1 Å². The number of nitrogens with zero attached hydrogens (tertiary/aromatic N) is 5. The number of anilines is 1. The van der Waals surface area contributed by atoms with Crippen LogP contribution in [0.1, 0.15) is 18.1 Å². The molecule has 3 aromatic heterocycles. The van der Waals surface area contributed by atoms with Gasteiger partial charge in [0.1, 0.15) is 17.8 Å². The fourth-order valence-electron chi connectivity index (χ4n) is 4.32. The molecule has 1 amide bonds. The van der Waals surface area contributed by atoms with Crippen molar-refractivity contribution in [3.05, 3.63) is 90.1 Å². The van der Waals surface area contributed by atoms with Crippen LogP contribution in [-0.2, 0) is 17.8 Å². The summed E-state index contributed by atoms with van der Waals surface area (Å²) in [7, 11) is 0. The number of nitrogen functional groups attached to an aromatic ring is 1. The number of hydrogen-bond donors (Lipinski definition) is 3. The van der Waals surface area contributed by atoms with E-state index in [1.165, 1.54) is 0 Å². The Hall–Kier alpha value is -4.83. The van der Waals surface area contributed by atoms with Gasteiger partial charge in [0, 0.05) is 37.8 Å². The van der Waals surface area contributed by atoms with Gasteiger partial charge in [0.05, 0.1) is 11.0 Å². The summed E-state index contributed by atoms with van der Waals surface area (Å²) in [6.07, 6.45) is 1.18.